The molecule has 2 aromatic carbocycles. The molecule has 0 fully saturated rings. The fourth-order valence-electron chi connectivity index (χ4n) is 3.08. The van der Waals surface area contributed by atoms with E-state index < -0.39 is 11.8 Å². The van der Waals surface area contributed by atoms with E-state index in [1.165, 1.54) is 16.8 Å². The molecule has 4 rings (SSSR count). The van der Waals surface area contributed by atoms with Crippen LogP contribution in [0.2, 0.25) is 0 Å². The van der Waals surface area contributed by atoms with E-state index in [0.29, 0.717) is 23.1 Å². The first-order valence-corrected chi connectivity index (χ1v) is 9.33. The van der Waals surface area contributed by atoms with Crippen molar-refractivity contribution in [2.24, 2.45) is 0 Å². The molecule has 0 spiro atoms. The van der Waals surface area contributed by atoms with Gasteiger partial charge in [0.25, 0.3) is 17.4 Å². The summed E-state index contributed by atoms with van der Waals surface area (Å²) in [5, 5.41) is 5.85. The maximum atomic E-state index is 12.6. The van der Waals surface area contributed by atoms with Crippen molar-refractivity contribution in [3.8, 4) is 0 Å². The minimum atomic E-state index is -0.626. The van der Waals surface area contributed by atoms with Crippen molar-refractivity contribution in [2.45, 2.75) is 13.5 Å². The Morgan fingerprint density at radius 3 is 2.57 bits per heavy atom. The highest BCUT2D eigenvalue weighted by Crippen LogP contribution is 2.19. The molecule has 0 radical (unpaired) electrons. The fraction of sp³-hybridized carbons (Fsp3) is 0.0909. The van der Waals surface area contributed by atoms with Gasteiger partial charge in [-0.2, -0.15) is 5.10 Å². The molecule has 2 aromatic heterocycles. The van der Waals surface area contributed by atoms with Crippen LogP contribution in [0.3, 0.4) is 0 Å². The van der Waals surface area contributed by atoms with Gasteiger partial charge in [0.15, 0.2) is 5.69 Å². The zero-order valence-corrected chi connectivity index (χ0v) is 16.1. The molecule has 0 saturated heterocycles. The number of carbonyl (C=O) groups excluding carboxylic acids is 2. The number of fused-ring (bicyclic) bond motifs is 2. The Balaban J connectivity index is 1.48. The molecular weight excluding hydrogens is 384 g/mol. The highest BCUT2D eigenvalue weighted by molar-refractivity contribution is 6.05. The summed E-state index contributed by atoms with van der Waals surface area (Å²) in [6.07, 6.45) is 2.75. The molecule has 8 nitrogen and oxygen atoms in total. The molecule has 0 saturated carbocycles. The monoisotopic (exact) mass is 402 g/mol. The van der Waals surface area contributed by atoms with Gasteiger partial charge in [0.2, 0.25) is 0 Å². The van der Waals surface area contributed by atoms with Gasteiger partial charge < -0.3 is 4.42 Å². The van der Waals surface area contributed by atoms with Gasteiger partial charge in [0.05, 0.1) is 5.39 Å². The van der Waals surface area contributed by atoms with Gasteiger partial charge in [-0.1, -0.05) is 36.4 Å². The van der Waals surface area contributed by atoms with E-state index >= 15 is 0 Å². The first kappa shape index (κ1) is 19.1. The number of hydrazine groups is 1. The van der Waals surface area contributed by atoms with Crippen molar-refractivity contribution < 1.29 is 14.0 Å². The molecule has 4 aromatic rings. The summed E-state index contributed by atoms with van der Waals surface area (Å²) in [7, 11) is 0. The van der Waals surface area contributed by atoms with E-state index in [9.17, 15) is 14.4 Å². The van der Waals surface area contributed by atoms with Crippen LogP contribution >= 0.6 is 0 Å². The smallest absolute Gasteiger partial charge is 0.290 e. The first-order valence-electron chi connectivity index (χ1n) is 9.33. The summed E-state index contributed by atoms with van der Waals surface area (Å²) in [4.78, 5) is 37.0. The first-order chi connectivity index (χ1) is 14.6. The van der Waals surface area contributed by atoms with Crippen LogP contribution < -0.4 is 16.4 Å². The van der Waals surface area contributed by atoms with Crippen LogP contribution in [0.15, 0.2) is 69.9 Å². The lowest BCUT2D eigenvalue weighted by molar-refractivity contribution is -0.117. The number of hydrogen-bond donors (Lipinski definition) is 2. The lowest BCUT2D eigenvalue weighted by Gasteiger charge is -2.10. The number of amides is 2. The fourth-order valence-corrected chi connectivity index (χ4v) is 3.08. The third-order valence-electron chi connectivity index (χ3n) is 4.53. The molecule has 0 aliphatic rings. The summed E-state index contributed by atoms with van der Waals surface area (Å²) in [5.41, 5.74) is 5.13. The van der Waals surface area contributed by atoms with Crippen molar-refractivity contribution >= 4 is 39.6 Å². The standard InChI is InChI=1S/C22H18N4O4/c1-2-26-22(29)17-9-5-4-8-16(17)20(25-26)21(28)24-23-19(27)12-11-15-13-14-7-3-6-10-18(14)30-15/h3-13H,2H2,1H3,(H,23,27)(H,24,28)/b12-11+. The van der Waals surface area contributed by atoms with Crippen LogP contribution in [-0.4, -0.2) is 21.6 Å². The number of carbonyl (C=O) groups is 2. The lowest BCUT2D eigenvalue weighted by Crippen LogP contribution is -2.42. The topological polar surface area (TPSA) is 106 Å². The highest BCUT2D eigenvalue weighted by Gasteiger charge is 2.16. The van der Waals surface area contributed by atoms with Gasteiger partial charge in [-0.05, 0) is 31.2 Å². The van der Waals surface area contributed by atoms with E-state index in [-0.39, 0.29) is 11.3 Å². The SMILES string of the molecule is CCn1nc(C(=O)NNC(=O)/C=C/c2cc3ccccc3o2)c2ccccc2c1=O. The molecule has 0 unspecified atom stereocenters. The van der Waals surface area contributed by atoms with E-state index in [4.69, 9.17) is 4.42 Å². The quantitative estimate of drug-likeness (QED) is 0.403. The van der Waals surface area contributed by atoms with E-state index in [1.54, 1.807) is 31.2 Å². The summed E-state index contributed by atoms with van der Waals surface area (Å²) >= 11 is 0. The van der Waals surface area contributed by atoms with E-state index in [0.717, 1.165) is 11.0 Å². The van der Waals surface area contributed by atoms with Crippen LogP contribution in [0, 0.1) is 0 Å². The molecule has 0 aliphatic carbocycles. The van der Waals surface area contributed by atoms with Crippen LogP contribution in [0.1, 0.15) is 23.2 Å². The predicted octanol–water partition coefficient (Wildman–Crippen LogP) is 2.64. The Morgan fingerprint density at radius 1 is 1.07 bits per heavy atom. The number of benzene rings is 2. The number of rotatable bonds is 4. The summed E-state index contributed by atoms with van der Waals surface area (Å²) in [6, 6.07) is 16.0. The number of para-hydroxylation sites is 1. The van der Waals surface area contributed by atoms with E-state index in [1.807, 2.05) is 30.3 Å². The molecule has 30 heavy (non-hydrogen) atoms. The second-order valence-electron chi connectivity index (χ2n) is 6.48. The third-order valence-corrected chi connectivity index (χ3v) is 4.53. The largest absolute Gasteiger partial charge is 0.457 e. The Kier molecular flexibility index (Phi) is 5.13. The molecule has 0 bridgehead atoms. The third kappa shape index (κ3) is 3.70. The molecule has 0 aliphatic heterocycles. The van der Waals surface area contributed by atoms with Crippen molar-refractivity contribution in [1.29, 1.82) is 0 Å². The molecular formula is C22H18N4O4. The molecule has 8 heteroatoms. The number of aromatic nitrogens is 2. The number of nitrogens with one attached hydrogen (secondary N) is 2. The molecule has 2 heterocycles. The molecule has 2 N–H and O–H groups in total. The summed E-state index contributed by atoms with van der Waals surface area (Å²) in [6.45, 7) is 2.08. The van der Waals surface area contributed by atoms with Gasteiger partial charge in [-0.25, -0.2) is 4.68 Å². The zero-order chi connectivity index (χ0) is 21.1. The molecule has 150 valence electrons. The lowest BCUT2D eigenvalue weighted by atomic mass is 10.1. The Labute approximate surface area is 170 Å². The summed E-state index contributed by atoms with van der Waals surface area (Å²) < 4.78 is 6.81. The van der Waals surface area contributed by atoms with Gasteiger partial charge in [-0.3, -0.25) is 25.2 Å². The van der Waals surface area contributed by atoms with Crippen molar-refractivity contribution in [3.63, 3.8) is 0 Å². The number of furan rings is 1. The minimum absolute atomic E-state index is 0.0496. The second-order valence-corrected chi connectivity index (χ2v) is 6.48. The average Bonchev–Trinajstić information content (AvgIpc) is 3.19. The van der Waals surface area contributed by atoms with Gasteiger partial charge >= 0.3 is 0 Å². The molecule has 2 amide bonds. The average molecular weight is 402 g/mol. The number of hydrogen-bond acceptors (Lipinski definition) is 5. The predicted molar refractivity (Wildman–Crippen MR) is 113 cm³/mol. The Morgan fingerprint density at radius 2 is 1.80 bits per heavy atom. The zero-order valence-electron chi connectivity index (χ0n) is 16.1. The van der Waals surface area contributed by atoms with Gasteiger partial charge in [0.1, 0.15) is 11.3 Å². The van der Waals surface area contributed by atoms with Crippen molar-refractivity contribution in [2.75, 3.05) is 0 Å². The number of aryl methyl sites for hydroxylation is 1. The van der Waals surface area contributed by atoms with Crippen LogP contribution in [0.5, 0.6) is 0 Å². The highest BCUT2D eigenvalue weighted by atomic mass is 16.3. The maximum Gasteiger partial charge on any atom is 0.290 e. The minimum Gasteiger partial charge on any atom is -0.457 e. The Bertz CT molecular complexity index is 1320. The van der Waals surface area contributed by atoms with Crippen molar-refractivity contribution in [3.05, 3.63) is 82.5 Å². The van der Waals surface area contributed by atoms with Crippen LogP contribution in [-0.2, 0) is 11.3 Å². The normalized spacial score (nSPS) is 11.2. The number of nitrogens with zero attached hydrogens (tertiary/aromatic N) is 2. The van der Waals surface area contributed by atoms with Crippen LogP contribution in [0.4, 0.5) is 0 Å². The second kappa shape index (κ2) is 8.04. The van der Waals surface area contributed by atoms with Crippen molar-refractivity contribution in [1.82, 2.24) is 20.6 Å². The van der Waals surface area contributed by atoms with Crippen LogP contribution in [0.25, 0.3) is 27.8 Å². The van der Waals surface area contributed by atoms with Gasteiger partial charge in [-0.15, -0.1) is 0 Å². The summed E-state index contributed by atoms with van der Waals surface area (Å²) in [5.74, 6) is -0.656. The van der Waals surface area contributed by atoms with Gasteiger partial charge in [0, 0.05) is 23.4 Å². The van der Waals surface area contributed by atoms with E-state index in [2.05, 4.69) is 16.0 Å². The Hall–Kier alpha value is -4.20. The molecule has 0 atom stereocenters. The maximum absolute atomic E-state index is 12.6.